The van der Waals surface area contributed by atoms with E-state index in [0.29, 0.717) is 38.8 Å². The number of para-hydroxylation sites is 1. The predicted molar refractivity (Wildman–Crippen MR) is 149 cm³/mol. The number of benzene rings is 1. The molecule has 0 radical (unpaired) electrons. The van der Waals surface area contributed by atoms with E-state index >= 15 is 0 Å². The molecule has 3 rings (SSSR count). The number of carbonyl (C=O) groups excluding carboxylic acids is 3. The van der Waals surface area contributed by atoms with Crippen LogP contribution in [0.2, 0.25) is 0 Å². The van der Waals surface area contributed by atoms with Crippen LogP contribution in [-0.2, 0) is 25.6 Å². The van der Waals surface area contributed by atoms with E-state index in [4.69, 9.17) is 11.5 Å². The highest BCUT2D eigenvalue weighted by Crippen LogP contribution is 2.21. The number of nitrogens with two attached hydrogens (primary N) is 2. The smallest absolute Gasteiger partial charge is 0.326 e. The van der Waals surface area contributed by atoms with Crippen LogP contribution in [0, 0.1) is 5.92 Å². The minimum Gasteiger partial charge on any atom is -0.480 e. The minimum absolute atomic E-state index is 0.0825. The fourth-order valence-electron chi connectivity index (χ4n) is 5.08. The van der Waals surface area contributed by atoms with Crippen LogP contribution < -0.4 is 22.1 Å². The Hall–Kier alpha value is -3.44. The Morgan fingerprint density at radius 3 is 2.62 bits per heavy atom. The molecule has 1 fully saturated rings. The average molecular weight is 543 g/mol. The second kappa shape index (κ2) is 14.1. The van der Waals surface area contributed by atoms with Gasteiger partial charge in [-0.25, -0.2) is 4.79 Å². The van der Waals surface area contributed by atoms with Gasteiger partial charge in [0.25, 0.3) is 0 Å². The summed E-state index contributed by atoms with van der Waals surface area (Å²) >= 11 is 0. The Labute approximate surface area is 229 Å². The van der Waals surface area contributed by atoms with Gasteiger partial charge in [-0.05, 0) is 49.8 Å². The number of amides is 3. The Kier molecular flexibility index (Phi) is 10.9. The van der Waals surface area contributed by atoms with E-state index in [9.17, 15) is 24.3 Å². The molecule has 2 aromatic rings. The summed E-state index contributed by atoms with van der Waals surface area (Å²) in [6, 6.07) is 3.96. The molecular weight excluding hydrogens is 500 g/mol. The van der Waals surface area contributed by atoms with E-state index in [1.54, 1.807) is 6.20 Å². The molecule has 0 spiro atoms. The number of nitrogens with zero attached hydrogens (tertiary/aromatic N) is 1. The van der Waals surface area contributed by atoms with Crippen molar-refractivity contribution in [2.45, 2.75) is 83.0 Å². The summed E-state index contributed by atoms with van der Waals surface area (Å²) in [5, 5.41) is 16.2. The molecule has 1 aliphatic heterocycles. The largest absolute Gasteiger partial charge is 0.480 e. The Morgan fingerprint density at radius 1 is 1.18 bits per heavy atom. The molecule has 39 heavy (non-hydrogen) atoms. The zero-order valence-corrected chi connectivity index (χ0v) is 22.8. The molecule has 11 heteroatoms. The maximum atomic E-state index is 13.4. The first-order valence-corrected chi connectivity index (χ1v) is 13.8. The van der Waals surface area contributed by atoms with Crippen molar-refractivity contribution < 1.29 is 24.3 Å². The number of carbonyl (C=O) groups is 4. The molecule has 214 valence electrons. The Balaban J connectivity index is 1.69. The molecule has 2 heterocycles. The van der Waals surface area contributed by atoms with E-state index < -0.39 is 42.0 Å². The maximum Gasteiger partial charge on any atom is 0.326 e. The van der Waals surface area contributed by atoms with E-state index in [2.05, 4.69) is 15.6 Å². The van der Waals surface area contributed by atoms with Crippen LogP contribution in [0.15, 0.2) is 30.5 Å². The van der Waals surface area contributed by atoms with Gasteiger partial charge in [-0.15, -0.1) is 0 Å². The van der Waals surface area contributed by atoms with Gasteiger partial charge in [-0.1, -0.05) is 44.9 Å². The van der Waals surface area contributed by atoms with Crippen molar-refractivity contribution in [3.05, 3.63) is 36.0 Å². The second-order valence-corrected chi connectivity index (χ2v) is 10.4. The molecule has 1 aromatic heterocycles. The van der Waals surface area contributed by atoms with Crippen LogP contribution >= 0.6 is 0 Å². The molecule has 5 unspecified atom stereocenters. The zero-order valence-electron chi connectivity index (χ0n) is 22.8. The lowest BCUT2D eigenvalue weighted by Gasteiger charge is -2.30. The number of rotatable bonds is 14. The number of fused-ring (bicyclic) bond motifs is 1. The number of hydrogen-bond donors (Lipinski definition) is 6. The Morgan fingerprint density at radius 2 is 1.92 bits per heavy atom. The quantitative estimate of drug-likeness (QED) is 0.194. The SMILES string of the molecule is CCC(C)C(NC(=O)C1CCCN1C(=O)C(N)CCCCN)C(=O)NC(Cc1c[nH]c2ccccc12)C(=O)O. The first-order chi connectivity index (χ1) is 18.7. The molecule has 5 atom stereocenters. The van der Waals surface area contributed by atoms with Crippen LogP contribution in [0.3, 0.4) is 0 Å². The van der Waals surface area contributed by atoms with E-state index in [0.717, 1.165) is 29.3 Å². The van der Waals surface area contributed by atoms with E-state index in [1.807, 2.05) is 38.1 Å². The highest BCUT2D eigenvalue weighted by Gasteiger charge is 2.38. The molecule has 0 bridgehead atoms. The fraction of sp³-hybridized carbons (Fsp3) is 0.571. The molecule has 11 nitrogen and oxygen atoms in total. The third-order valence-electron chi connectivity index (χ3n) is 7.63. The minimum atomic E-state index is -1.18. The van der Waals surface area contributed by atoms with Crippen molar-refractivity contribution >= 4 is 34.6 Å². The van der Waals surface area contributed by atoms with Crippen LogP contribution in [0.4, 0.5) is 0 Å². The normalized spacial score (nSPS) is 18.4. The number of H-pyrrole nitrogens is 1. The maximum absolute atomic E-state index is 13.4. The molecule has 1 aliphatic rings. The van der Waals surface area contributed by atoms with Crippen LogP contribution in [0.5, 0.6) is 0 Å². The number of carboxylic acid groups (broad SMARTS) is 1. The van der Waals surface area contributed by atoms with Crippen molar-refractivity contribution in [3.8, 4) is 0 Å². The van der Waals surface area contributed by atoms with Gasteiger partial charge < -0.3 is 37.1 Å². The topological polar surface area (TPSA) is 184 Å². The summed E-state index contributed by atoms with van der Waals surface area (Å²) in [6.07, 6.45) is 5.53. The van der Waals surface area contributed by atoms with Gasteiger partial charge in [0.05, 0.1) is 6.04 Å². The van der Waals surface area contributed by atoms with Crippen LogP contribution in [0.1, 0.15) is 57.9 Å². The lowest BCUT2D eigenvalue weighted by atomic mass is 9.96. The lowest BCUT2D eigenvalue weighted by Crippen LogP contribution is -2.58. The lowest BCUT2D eigenvalue weighted by molar-refractivity contribution is -0.143. The Bertz CT molecular complexity index is 1150. The second-order valence-electron chi connectivity index (χ2n) is 10.4. The monoisotopic (exact) mass is 542 g/mol. The third kappa shape index (κ3) is 7.57. The summed E-state index contributed by atoms with van der Waals surface area (Å²) in [7, 11) is 0. The van der Waals surface area contributed by atoms with Gasteiger partial charge in [0.2, 0.25) is 17.7 Å². The number of aromatic nitrogens is 1. The molecular formula is C28H42N6O5. The van der Waals surface area contributed by atoms with Crippen molar-refractivity contribution in [2.75, 3.05) is 13.1 Å². The molecule has 1 saturated heterocycles. The molecule has 8 N–H and O–H groups in total. The molecule has 3 amide bonds. The van der Waals surface area contributed by atoms with Gasteiger partial charge in [0.15, 0.2) is 0 Å². The number of aliphatic carboxylic acids is 1. The first-order valence-electron chi connectivity index (χ1n) is 13.8. The molecule has 0 aliphatic carbocycles. The number of carboxylic acids is 1. The highest BCUT2D eigenvalue weighted by molar-refractivity contribution is 5.94. The summed E-state index contributed by atoms with van der Waals surface area (Å²) in [4.78, 5) is 56.4. The number of unbranched alkanes of at least 4 members (excludes halogenated alkanes) is 1. The highest BCUT2D eigenvalue weighted by atomic mass is 16.4. The number of likely N-dealkylation sites (tertiary alicyclic amines) is 1. The molecule has 0 saturated carbocycles. The zero-order chi connectivity index (χ0) is 28.5. The van der Waals surface area contributed by atoms with Crippen LogP contribution in [0.25, 0.3) is 10.9 Å². The standard InChI is InChI=1S/C28H42N6O5/c1-3-17(2)24(33-25(35)23-12-8-14-34(23)27(37)20(30)10-6-7-13-29)26(36)32-22(28(38)39)15-18-16-31-21-11-5-4-9-19(18)21/h4-5,9,11,16-17,20,22-24,31H,3,6-8,10,12-15,29-30H2,1-2H3,(H,32,36)(H,33,35)(H,38,39). The average Bonchev–Trinajstić information content (AvgIpc) is 3.58. The summed E-state index contributed by atoms with van der Waals surface area (Å²) < 4.78 is 0. The predicted octanol–water partition coefficient (Wildman–Crippen LogP) is 1.26. The van der Waals surface area contributed by atoms with Crippen molar-refractivity contribution in [1.82, 2.24) is 20.5 Å². The summed E-state index contributed by atoms with van der Waals surface area (Å²) in [5.41, 5.74) is 13.3. The van der Waals surface area contributed by atoms with Crippen molar-refractivity contribution in [1.29, 1.82) is 0 Å². The van der Waals surface area contributed by atoms with Gasteiger partial charge >= 0.3 is 5.97 Å². The summed E-state index contributed by atoms with van der Waals surface area (Å²) in [5.74, 6) is -2.71. The van der Waals surface area contributed by atoms with E-state index in [1.165, 1.54) is 4.90 Å². The van der Waals surface area contributed by atoms with E-state index in [-0.39, 0.29) is 18.2 Å². The van der Waals surface area contributed by atoms with Crippen molar-refractivity contribution in [2.24, 2.45) is 17.4 Å². The number of hydrogen-bond acceptors (Lipinski definition) is 6. The van der Waals surface area contributed by atoms with Gasteiger partial charge in [-0.2, -0.15) is 0 Å². The first kappa shape index (κ1) is 30.1. The summed E-state index contributed by atoms with van der Waals surface area (Å²) in [6.45, 7) is 4.67. The van der Waals surface area contributed by atoms with Gasteiger partial charge in [0.1, 0.15) is 18.1 Å². The number of aromatic amines is 1. The third-order valence-corrected chi connectivity index (χ3v) is 7.63. The van der Waals surface area contributed by atoms with Crippen LogP contribution in [-0.4, -0.2) is 75.9 Å². The number of nitrogens with one attached hydrogen (secondary N) is 3. The van der Waals surface area contributed by atoms with Gasteiger partial charge in [0, 0.05) is 30.1 Å². The fourth-order valence-corrected chi connectivity index (χ4v) is 5.08. The van der Waals surface area contributed by atoms with Crippen molar-refractivity contribution in [3.63, 3.8) is 0 Å². The molecule has 1 aromatic carbocycles. The van der Waals surface area contributed by atoms with Gasteiger partial charge in [-0.3, -0.25) is 14.4 Å².